The van der Waals surface area contributed by atoms with Crippen LogP contribution in [0.5, 0.6) is 0 Å². The first-order chi connectivity index (χ1) is 11.7. The number of aromatic nitrogens is 8. The summed E-state index contributed by atoms with van der Waals surface area (Å²) in [6.07, 6.45) is 8.70. The van der Waals surface area contributed by atoms with Gasteiger partial charge in [-0.15, -0.1) is 5.10 Å². The summed E-state index contributed by atoms with van der Waals surface area (Å²) in [5.41, 5.74) is 3.28. The van der Waals surface area contributed by atoms with Gasteiger partial charge >= 0.3 is 0 Å². The average molecular weight is 320 g/mol. The van der Waals surface area contributed by atoms with E-state index in [9.17, 15) is 0 Å². The van der Waals surface area contributed by atoms with Crippen LogP contribution in [0, 0.1) is 0 Å². The van der Waals surface area contributed by atoms with Crippen molar-refractivity contribution in [3.63, 3.8) is 0 Å². The van der Waals surface area contributed by atoms with Gasteiger partial charge in [0.25, 0.3) is 5.78 Å². The van der Waals surface area contributed by atoms with Crippen molar-refractivity contribution in [1.82, 2.24) is 39.1 Å². The molecule has 0 N–H and O–H groups in total. The number of hydrogen-bond donors (Lipinski definition) is 0. The third-order valence-corrected chi connectivity index (χ3v) is 4.57. The molecule has 1 saturated carbocycles. The molecular formula is C16H16N8. The van der Waals surface area contributed by atoms with E-state index in [1.165, 1.54) is 5.56 Å². The molecule has 2 atom stereocenters. The van der Waals surface area contributed by atoms with Gasteiger partial charge in [-0.1, -0.05) is 0 Å². The maximum atomic E-state index is 4.68. The highest BCUT2D eigenvalue weighted by Crippen LogP contribution is 2.54. The molecule has 0 aliphatic heterocycles. The Kier molecular flexibility index (Phi) is 2.64. The van der Waals surface area contributed by atoms with Gasteiger partial charge < -0.3 is 0 Å². The number of hydrogen-bond acceptors (Lipinski definition) is 5. The highest BCUT2D eigenvalue weighted by atomic mass is 15.4. The van der Waals surface area contributed by atoms with Gasteiger partial charge in [0.15, 0.2) is 0 Å². The molecule has 0 saturated heterocycles. The zero-order valence-electron chi connectivity index (χ0n) is 13.4. The van der Waals surface area contributed by atoms with Crippen molar-refractivity contribution >= 4 is 5.78 Å². The van der Waals surface area contributed by atoms with Gasteiger partial charge in [0.05, 0.1) is 11.9 Å². The number of fused-ring (bicyclic) bond motifs is 1. The van der Waals surface area contributed by atoms with Gasteiger partial charge in [-0.3, -0.25) is 9.36 Å². The zero-order chi connectivity index (χ0) is 16.3. The van der Waals surface area contributed by atoms with E-state index in [2.05, 4.69) is 37.5 Å². The Hall–Kier alpha value is -3.03. The minimum absolute atomic E-state index is 0.448. The molecule has 0 spiro atoms. The molecule has 0 bridgehead atoms. The second kappa shape index (κ2) is 4.73. The summed E-state index contributed by atoms with van der Waals surface area (Å²) in [7, 11) is 3.88. The van der Waals surface area contributed by atoms with Crippen molar-refractivity contribution in [2.24, 2.45) is 14.1 Å². The molecule has 1 aliphatic carbocycles. The molecule has 4 aromatic heterocycles. The Labute approximate surface area is 137 Å². The highest BCUT2D eigenvalue weighted by molar-refractivity contribution is 5.54. The molecule has 4 aromatic rings. The molecule has 8 nitrogen and oxygen atoms in total. The summed E-state index contributed by atoms with van der Waals surface area (Å²) in [4.78, 5) is 8.70. The van der Waals surface area contributed by atoms with Crippen LogP contribution < -0.4 is 0 Å². The van der Waals surface area contributed by atoms with Crippen molar-refractivity contribution in [2.75, 3.05) is 0 Å². The average Bonchev–Trinajstić information content (AvgIpc) is 2.92. The SMILES string of the molecule is Cn1cc(C2CC2c2cc(-c3nc4ncccn4n3)n(C)n2)cn1. The molecule has 0 radical (unpaired) electrons. The monoisotopic (exact) mass is 320 g/mol. The van der Waals surface area contributed by atoms with Crippen molar-refractivity contribution in [3.05, 3.63) is 48.2 Å². The van der Waals surface area contributed by atoms with Crippen LogP contribution in [0.3, 0.4) is 0 Å². The van der Waals surface area contributed by atoms with Gasteiger partial charge in [-0.25, -0.2) is 9.50 Å². The lowest BCUT2D eigenvalue weighted by Crippen LogP contribution is -1.96. The Morgan fingerprint density at radius 3 is 2.88 bits per heavy atom. The number of nitrogens with zero attached hydrogens (tertiary/aromatic N) is 8. The third kappa shape index (κ3) is 2.03. The molecule has 1 aliphatic rings. The molecule has 0 aromatic carbocycles. The van der Waals surface area contributed by atoms with E-state index in [4.69, 9.17) is 0 Å². The van der Waals surface area contributed by atoms with Gasteiger partial charge in [0.1, 0.15) is 5.69 Å². The van der Waals surface area contributed by atoms with Crippen LogP contribution in [0.15, 0.2) is 36.9 Å². The van der Waals surface area contributed by atoms with E-state index in [0.717, 1.165) is 17.8 Å². The predicted molar refractivity (Wildman–Crippen MR) is 86.3 cm³/mol. The fourth-order valence-corrected chi connectivity index (χ4v) is 3.24. The molecule has 5 rings (SSSR count). The van der Waals surface area contributed by atoms with E-state index in [1.807, 2.05) is 41.9 Å². The molecular weight excluding hydrogens is 304 g/mol. The van der Waals surface area contributed by atoms with E-state index in [0.29, 0.717) is 23.4 Å². The molecule has 8 heteroatoms. The topological polar surface area (TPSA) is 78.7 Å². The molecule has 0 amide bonds. The van der Waals surface area contributed by atoms with E-state index >= 15 is 0 Å². The van der Waals surface area contributed by atoms with Crippen molar-refractivity contribution in [2.45, 2.75) is 18.3 Å². The molecule has 2 unspecified atom stereocenters. The van der Waals surface area contributed by atoms with Crippen LogP contribution in [-0.4, -0.2) is 39.1 Å². The Morgan fingerprint density at radius 1 is 1.17 bits per heavy atom. The zero-order valence-corrected chi connectivity index (χ0v) is 13.4. The summed E-state index contributed by atoms with van der Waals surface area (Å²) in [6, 6.07) is 3.93. The number of aryl methyl sites for hydroxylation is 2. The third-order valence-electron chi connectivity index (χ3n) is 4.57. The minimum atomic E-state index is 0.448. The Bertz CT molecular complexity index is 1010. The maximum absolute atomic E-state index is 4.68. The van der Waals surface area contributed by atoms with E-state index in [-0.39, 0.29) is 0 Å². The van der Waals surface area contributed by atoms with Gasteiger partial charge in [0, 0.05) is 38.6 Å². The molecule has 1 fully saturated rings. The van der Waals surface area contributed by atoms with Crippen LogP contribution >= 0.6 is 0 Å². The molecule has 24 heavy (non-hydrogen) atoms. The summed E-state index contributed by atoms with van der Waals surface area (Å²) in [5, 5.41) is 13.4. The normalized spacial score (nSPS) is 19.9. The molecule has 4 heterocycles. The van der Waals surface area contributed by atoms with Gasteiger partial charge in [-0.05, 0) is 30.0 Å². The fourth-order valence-electron chi connectivity index (χ4n) is 3.24. The summed E-state index contributed by atoms with van der Waals surface area (Å²) < 4.78 is 5.38. The first kappa shape index (κ1) is 13.4. The second-order valence-electron chi connectivity index (χ2n) is 6.27. The van der Waals surface area contributed by atoms with Crippen LogP contribution in [0.2, 0.25) is 0 Å². The lowest BCUT2D eigenvalue weighted by Gasteiger charge is -1.93. The van der Waals surface area contributed by atoms with Crippen LogP contribution in [0.1, 0.15) is 29.5 Å². The summed E-state index contributed by atoms with van der Waals surface area (Å²) in [5.74, 6) is 2.20. The smallest absolute Gasteiger partial charge is 0.252 e. The lowest BCUT2D eigenvalue weighted by atomic mass is 10.1. The largest absolute Gasteiger partial charge is 0.276 e. The highest BCUT2D eigenvalue weighted by Gasteiger charge is 2.42. The van der Waals surface area contributed by atoms with E-state index < -0.39 is 0 Å². The quantitative estimate of drug-likeness (QED) is 0.572. The fraction of sp³-hybridized carbons (Fsp3) is 0.312. The van der Waals surface area contributed by atoms with Crippen LogP contribution in [0.4, 0.5) is 0 Å². The van der Waals surface area contributed by atoms with Gasteiger partial charge in [0.2, 0.25) is 5.82 Å². The summed E-state index contributed by atoms with van der Waals surface area (Å²) >= 11 is 0. The second-order valence-corrected chi connectivity index (χ2v) is 6.27. The van der Waals surface area contributed by atoms with Crippen LogP contribution in [-0.2, 0) is 14.1 Å². The maximum Gasteiger partial charge on any atom is 0.252 e. The van der Waals surface area contributed by atoms with Crippen molar-refractivity contribution in [3.8, 4) is 11.5 Å². The van der Waals surface area contributed by atoms with E-state index in [1.54, 1.807) is 10.7 Å². The first-order valence-corrected chi connectivity index (χ1v) is 7.89. The minimum Gasteiger partial charge on any atom is -0.276 e. The molecule has 120 valence electrons. The van der Waals surface area contributed by atoms with Crippen molar-refractivity contribution in [1.29, 1.82) is 0 Å². The first-order valence-electron chi connectivity index (χ1n) is 7.89. The predicted octanol–water partition coefficient (Wildman–Crippen LogP) is 1.53. The van der Waals surface area contributed by atoms with Crippen molar-refractivity contribution < 1.29 is 0 Å². The Balaban J connectivity index is 1.47. The van der Waals surface area contributed by atoms with Crippen LogP contribution in [0.25, 0.3) is 17.3 Å². The number of rotatable bonds is 3. The van der Waals surface area contributed by atoms with Gasteiger partial charge in [-0.2, -0.15) is 15.2 Å². The lowest BCUT2D eigenvalue weighted by molar-refractivity contribution is 0.742. The standard InChI is InChI=1S/C16H16N8/c1-22-9-10(8-18-22)11-6-12(11)13-7-14(23(2)20-13)15-19-16-17-4-3-5-24(16)21-15/h3-5,7-9,11-12H,6H2,1-2H3. The Morgan fingerprint density at radius 2 is 2.08 bits per heavy atom. The summed E-state index contributed by atoms with van der Waals surface area (Å²) in [6.45, 7) is 0.